The first-order chi connectivity index (χ1) is 13.8. The van der Waals surface area contributed by atoms with Gasteiger partial charge in [0, 0.05) is 24.3 Å². The molecule has 0 amide bonds. The summed E-state index contributed by atoms with van der Waals surface area (Å²) in [6.07, 6.45) is -0.420. The van der Waals surface area contributed by atoms with E-state index in [0.29, 0.717) is 0 Å². The highest BCUT2D eigenvalue weighted by atomic mass is 16.3. The van der Waals surface area contributed by atoms with Gasteiger partial charge in [-0.1, -0.05) is 62.4 Å². The highest BCUT2D eigenvalue weighted by molar-refractivity contribution is 5.34. The molecule has 2 atom stereocenters. The standard InChI is InChI=1S/C14H18N2O.C10H15NO/c1-10(2)13-11(3)15(4)16(14(13)17)12-8-6-5-7-9-12;1-8(11-2)10(12)9-6-4-3-5-7-9/h5-10H,1-4H3;3-8,10-12H,1-2H3/t;8-,10-/m.0/s1. The van der Waals surface area contributed by atoms with E-state index in [-0.39, 0.29) is 17.5 Å². The summed E-state index contributed by atoms with van der Waals surface area (Å²) in [5.74, 6) is 0.249. The van der Waals surface area contributed by atoms with Crippen molar-refractivity contribution in [1.29, 1.82) is 0 Å². The maximum absolute atomic E-state index is 12.4. The fourth-order valence-corrected chi connectivity index (χ4v) is 3.35. The molecule has 29 heavy (non-hydrogen) atoms. The number of benzene rings is 2. The molecule has 0 saturated heterocycles. The third-order valence-corrected chi connectivity index (χ3v) is 5.25. The molecule has 0 radical (unpaired) electrons. The molecule has 0 aliphatic carbocycles. The van der Waals surface area contributed by atoms with Crippen LogP contribution < -0.4 is 10.9 Å². The van der Waals surface area contributed by atoms with Crippen molar-refractivity contribution in [2.75, 3.05) is 7.05 Å². The van der Waals surface area contributed by atoms with Gasteiger partial charge in [0.05, 0.1) is 11.8 Å². The zero-order chi connectivity index (χ0) is 21.6. The Morgan fingerprint density at radius 2 is 1.45 bits per heavy atom. The Balaban J connectivity index is 0.000000221. The summed E-state index contributed by atoms with van der Waals surface area (Å²) in [4.78, 5) is 12.4. The Bertz CT molecular complexity index is 944. The Morgan fingerprint density at radius 1 is 0.931 bits per heavy atom. The quantitative estimate of drug-likeness (QED) is 0.688. The molecule has 0 fully saturated rings. The molecular formula is C24H33N3O2. The van der Waals surface area contributed by atoms with Crippen molar-refractivity contribution in [3.63, 3.8) is 0 Å². The van der Waals surface area contributed by atoms with Crippen LogP contribution in [-0.2, 0) is 7.05 Å². The number of para-hydroxylation sites is 1. The second-order valence-electron chi connectivity index (χ2n) is 7.56. The van der Waals surface area contributed by atoms with Gasteiger partial charge in [-0.3, -0.25) is 9.48 Å². The van der Waals surface area contributed by atoms with Gasteiger partial charge in [-0.25, -0.2) is 4.68 Å². The molecule has 3 aromatic rings. The van der Waals surface area contributed by atoms with E-state index >= 15 is 0 Å². The monoisotopic (exact) mass is 395 g/mol. The van der Waals surface area contributed by atoms with Crippen LogP contribution in [0, 0.1) is 6.92 Å². The van der Waals surface area contributed by atoms with E-state index in [1.54, 1.807) is 4.68 Å². The van der Waals surface area contributed by atoms with E-state index in [1.807, 2.05) is 93.3 Å². The van der Waals surface area contributed by atoms with Crippen LogP contribution in [0.15, 0.2) is 65.5 Å². The van der Waals surface area contributed by atoms with Crippen LogP contribution in [0.5, 0.6) is 0 Å². The summed E-state index contributed by atoms with van der Waals surface area (Å²) in [5, 5.41) is 12.7. The fraction of sp³-hybridized carbons (Fsp3) is 0.375. The predicted octanol–water partition coefficient (Wildman–Crippen LogP) is 3.94. The third kappa shape index (κ3) is 5.25. The number of nitrogens with one attached hydrogen (secondary N) is 1. The first-order valence-electron chi connectivity index (χ1n) is 10.0. The Kier molecular flexibility index (Phi) is 8.00. The number of likely N-dealkylation sites (N-methyl/N-ethyl adjacent to an activating group) is 1. The van der Waals surface area contributed by atoms with E-state index in [1.165, 1.54) is 0 Å². The van der Waals surface area contributed by atoms with Gasteiger partial charge in [0.15, 0.2) is 0 Å². The zero-order valence-electron chi connectivity index (χ0n) is 18.3. The van der Waals surface area contributed by atoms with Gasteiger partial charge in [-0.15, -0.1) is 0 Å². The summed E-state index contributed by atoms with van der Waals surface area (Å²) < 4.78 is 3.65. The van der Waals surface area contributed by atoms with Crippen LogP contribution in [0.2, 0.25) is 0 Å². The van der Waals surface area contributed by atoms with E-state index in [2.05, 4.69) is 19.2 Å². The highest BCUT2D eigenvalue weighted by Crippen LogP contribution is 2.17. The number of hydrogen-bond acceptors (Lipinski definition) is 3. The molecule has 5 heteroatoms. The highest BCUT2D eigenvalue weighted by Gasteiger charge is 2.17. The predicted molar refractivity (Wildman–Crippen MR) is 120 cm³/mol. The Hall–Kier alpha value is -2.63. The largest absolute Gasteiger partial charge is 0.387 e. The molecule has 1 heterocycles. The zero-order valence-corrected chi connectivity index (χ0v) is 18.3. The van der Waals surface area contributed by atoms with Gasteiger partial charge in [-0.2, -0.15) is 0 Å². The average Bonchev–Trinajstić information content (AvgIpc) is 2.97. The first kappa shape index (κ1) is 22.7. The minimum Gasteiger partial charge on any atom is -0.387 e. The Morgan fingerprint density at radius 3 is 1.90 bits per heavy atom. The first-order valence-corrected chi connectivity index (χ1v) is 10.0. The molecule has 156 valence electrons. The Labute approximate surface area is 173 Å². The number of rotatable bonds is 5. The molecular weight excluding hydrogens is 362 g/mol. The molecule has 0 spiro atoms. The minimum atomic E-state index is -0.420. The van der Waals surface area contributed by atoms with E-state index in [0.717, 1.165) is 22.5 Å². The molecule has 0 aliphatic heterocycles. The number of aromatic nitrogens is 2. The van der Waals surface area contributed by atoms with Crippen LogP contribution >= 0.6 is 0 Å². The van der Waals surface area contributed by atoms with Crippen molar-refractivity contribution in [2.24, 2.45) is 7.05 Å². The smallest absolute Gasteiger partial charge is 0.275 e. The van der Waals surface area contributed by atoms with Gasteiger partial charge in [-0.05, 0) is 44.5 Å². The van der Waals surface area contributed by atoms with Crippen molar-refractivity contribution < 1.29 is 5.11 Å². The van der Waals surface area contributed by atoms with Gasteiger partial charge >= 0.3 is 0 Å². The second-order valence-corrected chi connectivity index (χ2v) is 7.56. The molecule has 2 aromatic carbocycles. The molecule has 3 rings (SSSR count). The lowest BCUT2D eigenvalue weighted by atomic mass is 10.0. The van der Waals surface area contributed by atoms with Crippen molar-refractivity contribution in [1.82, 2.24) is 14.7 Å². The lowest BCUT2D eigenvalue weighted by Gasteiger charge is -2.17. The van der Waals surface area contributed by atoms with Crippen LogP contribution in [0.4, 0.5) is 0 Å². The lowest BCUT2D eigenvalue weighted by Crippen LogP contribution is -2.28. The second kappa shape index (κ2) is 10.2. The molecule has 0 unspecified atom stereocenters. The average molecular weight is 396 g/mol. The van der Waals surface area contributed by atoms with Gasteiger partial charge in [0.1, 0.15) is 0 Å². The van der Waals surface area contributed by atoms with Crippen LogP contribution in [0.1, 0.15) is 49.6 Å². The maximum atomic E-state index is 12.4. The lowest BCUT2D eigenvalue weighted by molar-refractivity contribution is 0.140. The molecule has 0 aliphatic rings. The van der Waals surface area contributed by atoms with Gasteiger partial charge < -0.3 is 10.4 Å². The topological polar surface area (TPSA) is 59.2 Å². The van der Waals surface area contributed by atoms with Gasteiger partial charge in [0.2, 0.25) is 0 Å². The summed E-state index contributed by atoms with van der Waals surface area (Å²) in [6.45, 7) is 8.06. The van der Waals surface area contributed by atoms with E-state index in [9.17, 15) is 9.90 Å². The van der Waals surface area contributed by atoms with E-state index < -0.39 is 6.10 Å². The van der Waals surface area contributed by atoms with Crippen molar-refractivity contribution in [3.05, 3.63) is 87.8 Å². The number of aliphatic hydroxyl groups is 1. The van der Waals surface area contributed by atoms with Crippen LogP contribution in [-0.4, -0.2) is 27.6 Å². The molecule has 0 saturated carbocycles. The van der Waals surface area contributed by atoms with Crippen molar-refractivity contribution in [3.8, 4) is 5.69 Å². The maximum Gasteiger partial charge on any atom is 0.275 e. The van der Waals surface area contributed by atoms with Crippen LogP contribution in [0.3, 0.4) is 0 Å². The summed E-state index contributed by atoms with van der Waals surface area (Å²) in [6, 6.07) is 19.5. The minimum absolute atomic E-state index is 0.0891. The summed E-state index contributed by atoms with van der Waals surface area (Å²) in [7, 11) is 3.77. The van der Waals surface area contributed by atoms with Crippen LogP contribution in [0.25, 0.3) is 5.69 Å². The summed E-state index contributed by atoms with van der Waals surface area (Å²) >= 11 is 0. The summed E-state index contributed by atoms with van der Waals surface area (Å²) in [5.41, 5.74) is 3.89. The third-order valence-electron chi connectivity index (χ3n) is 5.25. The fourth-order valence-electron chi connectivity index (χ4n) is 3.35. The molecule has 2 N–H and O–H groups in total. The normalized spacial score (nSPS) is 13.0. The number of nitrogens with zero attached hydrogens (tertiary/aromatic N) is 2. The van der Waals surface area contributed by atoms with Crippen molar-refractivity contribution in [2.45, 2.75) is 45.8 Å². The SMILES string of the molecule is CN[C@@H](C)[C@H](O)c1ccccc1.Cc1c(C(C)C)c(=O)n(-c2ccccc2)n1C. The molecule has 5 nitrogen and oxygen atoms in total. The molecule has 1 aromatic heterocycles. The van der Waals surface area contributed by atoms with Gasteiger partial charge in [0.25, 0.3) is 5.56 Å². The number of hydrogen-bond donors (Lipinski definition) is 2. The van der Waals surface area contributed by atoms with Crippen molar-refractivity contribution >= 4 is 0 Å². The van der Waals surface area contributed by atoms with E-state index in [4.69, 9.17) is 0 Å². The number of aliphatic hydroxyl groups excluding tert-OH is 1. The molecule has 0 bridgehead atoms.